The number of benzene rings is 1. The fraction of sp³-hybridized carbons (Fsp3) is 0.250. The quantitative estimate of drug-likeness (QED) is 0.508. The Hall–Kier alpha value is -1.51. The van der Waals surface area contributed by atoms with Gasteiger partial charge in [0.25, 0.3) is 0 Å². The van der Waals surface area contributed by atoms with E-state index >= 15 is 0 Å². The maximum Gasteiger partial charge on any atom is 0.510 e. The lowest BCUT2D eigenvalue weighted by atomic mass is 10.1. The van der Waals surface area contributed by atoms with Crippen LogP contribution in [0.2, 0.25) is 0 Å². The molecule has 90 valence electrons. The lowest BCUT2D eigenvalue weighted by Gasteiger charge is -2.00. The number of hydrogen-bond acceptors (Lipinski definition) is 3. The molecule has 0 aliphatic heterocycles. The summed E-state index contributed by atoms with van der Waals surface area (Å²) in [6, 6.07) is 7.48. The summed E-state index contributed by atoms with van der Waals surface area (Å²) in [6.07, 6.45) is 1.37. The lowest BCUT2D eigenvalue weighted by molar-refractivity contribution is -0.135. The first-order valence-corrected chi connectivity index (χ1v) is 6.42. The van der Waals surface area contributed by atoms with Crippen LogP contribution in [0.4, 0.5) is 0 Å². The molecule has 0 amide bonds. The first kappa shape index (κ1) is 13.6. The highest BCUT2D eigenvalue weighted by Gasteiger charge is 2.21. The van der Waals surface area contributed by atoms with Crippen LogP contribution in [0.25, 0.3) is 6.08 Å². The van der Waals surface area contributed by atoms with Crippen molar-refractivity contribution in [1.82, 2.24) is 0 Å². The van der Waals surface area contributed by atoms with Crippen molar-refractivity contribution in [3.8, 4) is 0 Å². The summed E-state index contributed by atoms with van der Waals surface area (Å²) >= 11 is 0. The van der Waals surface area contributed by atoms with Gasteiger partial charge in [-0.05, 0) is 23.1 Å². The van der Waals surface area contributed by atoms with Crippen LogP contribution < -0.4 is 0 Å². The van der Waals surface area contributed by atoms with E-state index in [2.05, 4.69) is 4.74 Å². The molecular formula is C12H14O4P+. The molecule has 4 nitrogen and oxygen atoms in total. The molecule has 17 heavy (non-hydrogen) atoms. The average Bonchev–Trinajstić information content (AvgIpc) is 2.29. The van der Waals surface area contributed by atoms with E-state index in [1.165, 1.54) is 7.11 Å². The Kier molecular flexibility index (Phi) is 5.01. The van der Waals surface area contributed by atoms with E-state index in [0.29, 0.717) is 0 Å². The molecular weight excluding hydrogens is 239 g/mol. The van der Waals surface area contributed by atoms with E-state index < -0.39 is 14.0 Å². The molecule has 0 spiro atoms. The normalized spacial score (nSPS) is 12.2. The zero-order valence-corrected chi connectivity index (χ0v) is 10.6. The molecule has 5 heteroatoms. The fourth-order valence-electron chi connectivity index (χ4n) is 1.31. The van der Waals surface area contributed by atoms with Crippen LogP contribution in [-0.4, -0.2) is 24.1 Å². The van der Waals surface area contributed by atoms with Gasteiger partial charge in [0.2, 0.25) is 6.16 Å². The lowest BCUT2D eigenvalue weighted by Crippen LogP contribution is -2.06. The van der Waals surface area contributed by atoms with Crippen LogP contribution in [0.15, 0.2) is 29.8 Å². The predicted octanol–water partition coefficient (Wildman–Crippen LogP) is 2.29. The van der Waals surface area contributed by atoms with Crippen molar-refractivity contribution in [3.63, 3.8) is 0 Å². The van der Waals surface area contributed by atoms with Gasteiger partial charge in [0.15, 0.2) is 0 Å². The van der Waals surface area contributed by atoms with Gasteiger partial charge in [-0.25, -0.2) is 4.79 Å². The zero-order valence-electron chi connectivity index (χ0n) is 9.71. The molecule has 1 unspecified atom stereocenters. The summed E-state index contributed by atoms with van der Waals surface area (Å²) in [6.45, 7) is 1.96. The van der Waals surface area contributed by atoms with Crippen molar-refractivity contribution in [2.45, 2.75) is 6.92 Å². The standard InChI is InChI=1S/C12H13O4P/c1-9-3-5-10(6-4-9)7-11(8-17(14)15)12(13)16-2/h3-7H,8H2,1-2H3/p+1/b11-7+. The Morgan fingerprint density at radius 3 is 2.47 bits per heavy atom. The van der Waals surface area contributed by atoms with Gasteiger partial charge in [-0.3, -0.25) is 0 Å². The minimum atomic E-state index is -2.40. The van der Waals surface area contributed by atoms with Crippen LogP contribution in [0, 0.1) is 6.92 Å². The second kappa shape index (κ2) is 6.28. The largest absolute Gasteiger partial charge is 0.510 e. The van der Waals surface area contributed by atoms with Gasteiger partial charge in [0, 0.05) is 0 Å². The maximum atomic E-state index is 11.4. The van der Waals surface area contributed by atoms with Crippen molar-refractivity contribution >= 4 is 20.1 Å². The monoisotopic (exact) mass is 253 g/mol. The average molecular weight is 253 g/mol. The molecule has 0 saturated heterocycles. The Labute approximate surface area is 101 Å². The van der Waals surface area contributed by atoms with E-state index in [9.17, 15) is 9.36 Å². The Morgan fingerprint density at radius 2 is 2.00 bits per heavy atom. The highest BCUT2D eigenvalue weighted by molar-refractivity contribution is 7.38. The molecule has 0 aromatic heterocycles. The van der Waals surface area contributed by atoms with E-state index in [4.69, 9.17) is 4.89 Å². The Balaban J connectivity index is 3.00. The highest BCUT2D eigenvalue weighted by Crippen LogP contribution is 2.20. The minimum absolute atomic E-state index is 0.194. The highest BCUT2D eigenvalue weighted by atomic mass is 31.1. The molecule has 1 rings (SSSR count). The summed E-state index contributed by atoms with van der Waals surface area (Å²) in [5.41, 5.74) is 2.10. The van der Waals surface area contributed by atoms with Gasteiger partial charge in [-0.1, -0.05) is 29.8 Å². The summed E-state index contributed by atoms with van der Waals surface area (Å²) in [7, 11) is -1.15. The molecule has 0 radical (unpaired) electrons. The van der Waals surface area contributed by atoms with Crippen LogP contribution in [-0.2, 0) is 14.1 Å². The summed E-state index contributed by atoms with van der Waals surface area (Å²) in [5.74, 6) is -0.581. The van der Waals surface area contributed by atoms with Crippen molar-refractivity contribution < 1.29 is 19.0 Å². The number of esters is 1. The Morgan fingerprint density at radius 1 is 1.41 bits per heavy atom. The molecule has 0 aliphatic rings. The zero-order chi connectivity index (χ0) is 12.8. The van der Waals surface area contributed by atoms with Gasteiger partial charge in [-0.2, -0.15) is 4.89 Å². The van der Waals surface area contributed by atoms with Crippen molar-refractivity contribution in [3.05, 3.63) is 41.0 Å². The van der Waals surface area contributed by atoms with Crippen LogP contribution in [0.3, 0.4) is 0 Å². The third-order valence-electron chi connectivity index (χ3n) is 2.17. The molecule has 1 N–H and O–H groups in total. The first-order chi connectivity index (χ1) is 8.02. The number of carbonyl (C=O) groups excluding carboxylic acids is 1. The number of methoxy groups -OCH3 is 1. The number of ether oxygens (including phenoxy) is 1. The minimum Gasteiger partial charge on any atom is -0.466 e. The fourth-order valence-corrected chi connectivity index (χ4v) is 1.82. The van der Waals surface area contributed by atoms with Gasteiger partial charge in [0.1, 0.15) is 0 Å². The number of rotatable bonds is 4. The van der Waals surface area contributed by atoms with Crippen molar-refractivity contribution in [2.24, 2.45) is 0 Å². The van der Waals surface area contributed by atoms with Gasteiger partial charge in [-0.15, -0.1) is 0 Å². The second-order valence-electron chi connectivity index (χ2n) is 3.58. The van der Waals surface area contributed by atoms with Crippen molar-refractivity contribution in [2.75, 3.05) is 13.3 Å². The van der Waals surface area contributed by atoms with Gasteiger partial charge >= 0.3 is 14.0 Å². The molecule has 0 bridgehead atoms. The smallest absolute Gasteiger partial charge is 0.466 e. The molecule has 1 aromatic carbocycles. The molecule has 0 aliphatic carbocycles. The predicted molar refractivity (Wildman–Crippen MR) is 65.9 cm³/mol. The third kappa shape index (κ3) is 4.47. The van der Waals surface area contributed by atoms with Crippen LogP contribution >= 0.6 is 8.03 Å². The Bertz CT molecular complexity index is 448. The topological polar surface area (TPSA) is 63.6 Å². The molecule has 0 heterocycles. The second-order valence-corrected chi connectivity index (χ2v) is 4.60. The summed E-state index contributed by atoms with van der Waals surface area (Å²) < 4.78 is 15.3. The molecule has 1 atom stereocenters. The number of hydrogen-bond donors (Lipinski definition) is 1. The van der Waals surface area contributed by atoms with E-state index in [1.54, 1.807) is 6.08 Å². The van der Waals surface area contributed by atoms with E-state index in [-0.39, 0.29) is 11.7 Å². The van der Waals surface area contributed by atoms with E-state index in [0.717, 1.165) is 11.1 Å². The van der Waals surface area contributed by atoms with Crippen molar-refractivity contribution in [1.29, 1.82) is 0 Å². The third-order valence-corrected chi connectivity index (χ3v) is 2.78. The summed E-state index contributed by atoms with van der Waals surface area (Å²) in [4.78, 5) is 20.2. The van der Waals surface area contributed by atoms with Crippen LogP contribution in [0.5, 0.6) is 0 Å². The van der Waals surface area contributed by atoms with Gasteiger partial charge < -0.3 is 4.74 Å². The summed E-state index contributed by atoms with van der Waals surface area (Å²) in [5, 5.41) is 0. The number of aryl methyl sites for hydroxylation is 1. The molecule has 1 aromatic rings. The van der Waals surface area contributed by atoms with E-state index in [1.807, 2.05) is 31.2 Å². The van der Waals surface area contributed by atoms with Crippen LogP contribution in [0.1, 0.15) is 11.1 Å². The SMILES string of the molecule is COC(=O)/C(=C/c1ccc(C)cc1)C[P+](=O)O. The van der Waals surface area contributed by atoms with Gasteiger partial charge in [0.05, 0.1) is 12.7 Å². The first-order valence-electron chi connectivity index (χ1n) is 5.02. The maximum absolute atomic E-state index is 11.4. The molecule has 0 saturated carbocycles. The number of carbonyl (C=O) groups is 1. The molecule has 0 fully saturated rings.